The van der Waals surface area contributed by atoms with E-state index in [4.69, 9.17) is 28.6 Å². The first kappa shape index (κ1) is 14.8. The predicted octanol–water partition coefficient (Wildman–Crippen LogP) is 4.18. The molecule has 2 aromatic carbocycles. The number of aromatic amines is 1. The summed E-state index contributed by atoms with van der Waals surface area (Å²) in [7, 11) is 1.64. The molecule has 0 aliphatic carbocycles. The summed E-state index contributed by atoms with van der Waals surface area (Å²) in [6.07, 6.45) is 0.587. The standard InChI is InChI=1S/C16H14ClN3OS/c1-21-13-7-4-6-12(10-13)20-15(18-19-16(20)22)9-11-5-2-3-8-14(11)17/h2-8,10H,9H2,1H3,(H,19,22). The Morgan fingerprint density at radius 2 is 2.05 bits per heavy atom. The molecule has 6 heteroatoms. The summed E-state index contributed by atoms with van der Waals surface area (Å²) in [5, 5.41) is 7.89. The van der Waals surface area contributed by atoms with E-state index in [0.29, 0.717) is 16.2 Å². The molecule has 0 radical (unpaired) electrons. The lowest BCUT2D eigenvalue weighted by Gasteiger charge is -2.09. The summed E-state index contributed by atoms with van der Waals surface area (Å²) in [4.78, 5) is 0. The largest absolute Gasteiger partial charge is 0.497 e. The third-order valence-corrected chi connectivity index (χ3v) is 4.00. The van der Waals surface area contributed by atoms with Crippen molar-refractivity contribution in [1.29, 1.82) is 0 Å². The first-order valence-electron chi connectivity index (χ1n) is 6.73. The molecule has 0 aliphatic heterocycles. The molecule has 0 spiro atoms. The second kappa shape index (κ2) is 6.34. The summed E-state index contributed by atoms with van der Waals surface area (Å²) >= 11 is 11.6. The van der Waals surface area contributed by atoms with E-state index < -0.39 is 0 Å². The quantitative estimate of drug-likeness (QED) is 0.729. The molecule has 0 unspecified atom stereocenters. The number of halogens is 1. The fraction of sp³-hybridized carbons (Fsp3) is 0.125. The molecular formula is C16H14ClN3OS. The van der Waals surface area contributed by atoms with Gasteiger partial charge in [-0.3, -0.25) is 9.67 Å². The minimum atomic E-state index is 0.537. The third kappa shape index (κ3) is 2.91. The average molecular weight is 332 g/mol. The van der Waals surface area contributed by atoms with Gasteiger partial charge in [-0.2, -0.15) is 5.10 Å². The van der Waals surface area contributed by atoms with Gasteiger partial charge in [-0.05, 0) is 36.0 Å². The van der Waals surface area contributed by atoms with Crippen LogP contribution in [0.2, 0.25) is 5.02 Å². The molecule has 1 N–H and O–H groups in total. The number of ether oxygens (including phenoxy) is 1. The van der Waals surface area contributed by atoms with Gasteiger partial charge in [0.25, 0.3) is 0 Å². The maximum absolute atomic E-state index is 6.23. The van der Waals surface area contributed by atoms with Crippen LogP contribution in [0.25, 0.3) is 5.69 Å². The van der Waals surface area contributed by atoms with Gasteiger partial charge in [-0.25, -0.2) is 0 Å². The fourth-order valence-electron chi connectivity index (χ4n) is 2.28. The Labute approximate surface area is 138 Å². The Balaban J connectivity index is 2.04. The van der Waals surface area contributed by atoms with Crippen molar-refractivity contribution < 1.29 is 4.74 Å². The van der Waals surface area contributed by atoms with Crippen molar-refractivity contribution in [3.63, 3.8) is 0 Å². The van der Waals surface area contributed by atoms with Crippen molar-refractivity contribution in [2.45, 2.75) is 6.42 Å². The van der Waals surface area contributed by atoms with Gasteiger partial charge < -0.3 is 4.74 Å². The number of H-pyrrole nitrogens is 1. The van der Waals surface area contributed by atoms with Crippen LogP contribution in [-0.4, -0.2) is 21.9 Å². The van der Waals surface area contributed by atoms with Crippen LogP contribution >= 0.6 is 23.8 Å². The first-order valence-corrected chi connectivity index (χ1v) is 7.52. The van der Waals surface area contributed by atoms with Crippen LogP contribution in [0.3, 0.4) is 0 Å². The van der Waals surface area contributed by atoms with Crippen LogP contribution in [0.5, 0.6) is 5.75 Å². The van der Waals surface area contributed by atoms with Gasteiger partial charge >= 0.3 is 0 Å². The molecule has 0 atom stereocenters. The predicted molar refractivity (Wildman–Crippen MR) is 89.6 cm³/mol. The Morgan fingerprint density at radius 1 is 1.23 bits per heavy atom. The van der Waals surface area contributed by atoms with E-state index in [9.17, 15) is 0 Å². The summed E-state index contributed by atoms with van der Waals surface area (Å²) in [5.74, 6) is 1.57. The topological polar surface area (TPSA) is 42.8 Å². The highest BCUT2D eigenvalue weighted by Gasteiger charge is 2.11. The van der Waals surface area contributed by atoms with Crippen molar-refractivity contribution >= 4 is 23.8 Å². The maximum Gasteiger partial charge on any atom is 0.199 e. The molecule has 0 amide bonds. The van der Waals surface area contributed by atoms with Gasteiger partial charge in [0.1, 0.15) is 11.6 Å². The van der Waals surface area contributed by atoms with Crippen LogP contribution in [0.4, 0.5) is 0 Å². The molecule has 112 valence electrons. The van der Waals surface area contributed by atoms with Crippen molar-refractivity contribution in [2.24, 2.45) is 0 Å². The van der Waals surface area contributed by atoms with Crippen LogP contribution in [0.1, 0.15) is 11.4 Å². The Morgan fingerprint density at radius 3 is 2.82 bits per heavy atom. The minimum Gasteiger partial charge on any atom is -0.497 e. The Bertz CT molecular complexity index is 856. The molecule has 0 saturated heterocycles. The van der Waals surface area contributed by atoms with E-state index in [2.05, 4.69) is 10.2 Å². The van der Waals surface area contributed by atoms with E-state index in [1.165, 1.54) is 0 Å². The van der Waals surface area contributed by atoms with Gasteiger partial charge in [-0.1, -0.05) is 35.9 Å². The second-order valence-corrected chi connectivity index (χ2v) is 5.54. The molecule has 0 bridgehead atoms. The second-order valence-electron chi connectivity index (χ2n) is 4.75. The van der Waals surface area contributed by atoms with E-state index in [1.54, 1.807) is 7.11 Å². The van der Waals surface area contributed by atoms with Gasteiger partial charge in [0.2, 0.25) is 0 Å². The van der Waals surface area contributed by atoms with Crippen molar-refractivity contribution in [2.75, 3.05) is 7.11 Å². The summed E-state index contributed by atoms with van der Waals surface area (Å²) in [6.45, 7) is 0. The Kier molecular flexibility index (Phi) is 4.27. The van der Waals surface area contributed by atoms with Crippen molar-refractivity contribution in [3.05, 3.63) is 69.7 Å². The van der Waals surface area contributed by atoms with Gasteiger partial charge in [0, 0.05) is 17.5 Å². The summed E-state index contributed by atoms with van der Waals surface area (Å²) in [6, 6.07) is 15.4. The molecule has 1 aromatic heterocycles. The van der Waals surface area contributed by atoms with Gasteiger partial charge in [-0.15, -0.1) is 0 Å². The number of nitrogens with zero attached hydrogens (tertiary/aromatic N) is 2. The monoisotopic (exact) mass is 331 g/mol. The zero-order valence-corrected chi connectivity index (χ0v) is 13.5. The number of rotatable bonds is 4. The lowest BCUT2D eigenvalue weighted by Crippen LogP contribution is -2.03. The molecule has 3 rings (SSSR count). The summed E-state index contributed by atoms with van der Waals surface area (Å²) < 4.78 is 7.70. The van der Waals surface area contributed by atoms with Gasteiger partial charge in [0.15, 0.2) is 4.77 Å². The number of aromatic nitrogens is 3. The first-order chi connectivity index (χ1) is 10.7. The average Bonchev–Trinajstić information content (AvgIpc) is 2.90. The molecule has 22 heavy (non-hydrogen) atoms. The highest BCUT2D eigenvalue weighted by molar-refractivity contribution is 7.71. The smallest absolute Gasteiger partial charge is 0.199 e. The molecule has 0 fully saturated rings. The Hall–Kier alpha value is -2.11. The number of hydrogen-bond acceptors (Lipinski definition) is 3. The third-order valence-electron chi connectivity index (χ3n) is 3.36. The minimum absolute atomic E-state index is 0.537. The molecule has 0 aliphatic rings. The van der Waals surface area contributed by atoms with Crippen LogP contribution < -0.4 is 4.74 Å². The number of hydrogen-bond donors (Lipinski definition) is 1. The van der Waals surface area contributed by atoms with Crippen LogP contribution in [0, 0.1) is 4.77 Å². The number of methoxy groups -OCH3 is 1. The molecule has 3 aromatic rings. The fourth-order valence-corrected chi connectivity index (χ4v) is 2.74. The van der Waals surface area contributed by atoms with Crippen LogP contribution in [-0.2, 0) is 6.42 Å². The lowest BCUT2D eigenvalue weighted by molar-refractivity contribution is 0.414. The van der Waals surface area contributed by atoms with E-state index >= 15 is 0 Å². The molecule has 4 nitrogen and oxygen atoms in total. The van der Waals surface area contributed by atoms with E-state index in [0.717, 1.165) is 22.8 Å². The number of nitrogens with one attached hydrogen (secondary N) is 1. The maximum atomic E-state index is 6.23. The van der Waals surface area contributed by atoms with E-state index in [-0.39, 0.29) is 0 Å². The molecular weight excluding hydrogens is 318 g/mol. The highest BCUT2D eigenvalue weighted by Crippen LogP contribution is 2.22. The molecule has 1 heterocycles. The summed E-state index contributed by atoms with van der Waals surface area (Å²) in [5.41, 5.74) is 1.91. The molecule has 0 saturated carbocycles. The van der Waals surface area contributed by atoms with E-state index in [1.807, 2.05) is 53.1 Å². The van der Waals surface area contributed by atoms with Gasteiger partial charge in [0.05, 0.1) is 12.8 Å². The highest BCUT2D eigenvalue weighted by atomic mass is 35.5. The SMILES string of the molecule is COc1cccc(-n2c(Cc3ccccc3Cl)n[nH]c2=S)c1. The zero-order valence-electron chi connectivity index (χ0n) is 11.9. The normalized spacial score (nSPS) is 10.6. The lowest BCUT2D eigenvalue weighted by atomic mass is 10.1. The van der Waals surface area contributed by atoms with Crippen molar-refractivity contribution in [3.8, 4) is 11.4 Å². The van der Waals surface area contributed by atoms with Crippen molar-refractivity contribution in [1.82, 2.24) is 14.8 Å². The number of benzene rings is 2. The zero-order chi connectivity index (χ0) is 15.5. The van der Waals surface area contributed by atoms with Crippen LogP contribution in [0.15, 0.2) is 48.5 Å².